The number of hydrogen-bond donors (Lipinski definition) is 0. The number of halogens is 1. The molecule has 86 valence electrons. The molecule has 0 aliphatic heterocycles. The monoisotopic (exact) mass is 272 g/mol. The van der Waals surface area contributed by atoms with E-state index in [0.717, 1.165) is 24.6 Å². The molecule has 0 radical (unpaired) electrons. The number of carbonyl (C=O) groups excluding carboxylic acids is 1. The highest BCUT2D eigenvalue weighted by molar-refractivity contribution is 9.09. The molecule has 0 saturated carbocycles. The van der Waals surface area contributed by atoms with Crippen molar-refractivity contribution in [1.29, 1.82) is 0 Å². The molecule has 2 heteroatoms. The summed E-state index contributed by atoms with van der Waals surface area (Å²) in [7, 11) is 0. The van der Waals surface area contributed by atoms with Gasteiger partial charge in [0.1, 0.15) is 5.78 Å². The quantitative estimate of drug-likeness (QED) is 0.495. The Balaban J connectivity index is 3.73. The van der Waals surface area contributed by atoms with Crippen LogP contribution in [0.15, 0.2) is 23.3 Å². The highest BCUT2D eigenvalue weighted by atomic mass is 79.9. The van der Waals surface area contributed by atoms with Crippen LogP contribution in [0.3, 0.4) is 0 Å². The van der Waals surface area contributed by atoms with Gasteiger partial charge in [-0.2, -0.15) is 0 Å². The average molecular weight is 273 g/mol. The summed E-state index contributed by atoms with van der Waals surface area (Å²) in [6, 6.07) is 0. The molecule has 0 aromatic heterocycles. The normalized spacial score (nSPS) is 13.1. The number of alkyl halides is 1. The van der Waals surface area contributed by atoms with Crippen LogP contribution in [0, 0.1) is 0 Å². The summed E-state index contributed by atoms with van der Waals surface area (Å²) in [6.07, 6.45) is 8.20. The van der Waals surface area contributed by atoms with Crippen molar-refractivity contribution >= 4 is 21.7 Å². The lowest BCUT2D eigenvalue weighted by molar-refractivity contribution is -0.116. The molecule has 0 bridgehead atoms. The van der Waals surface area contributed by atoms with Crippen molar-refractivity contribution in [2.24, 2.45) is 0 Å². The zero-order valence-electron chi connectivity index (χ0n) is 9.98. The first-order chi connectivity index (χ1) is 7.06. The molecule has 0 atom stereocenters. The molecule has 15 heavy (non-hydrogen) atoms. The Bertz CT molecular complexity index is 251. The summed E-state index contributed by atoms with van der Waals surface area (Å²) in [6.45, 7) is 5.91. The van der Waals surface area contributed by atoms with Gasteiger partial charge in [-0.25, -0.2) is 0 Å². The van der Waals surface area contributed by atoms with Crippen molar-refractivity contribution in [2.75, 3.05) is 5.33 Å². The Hall–Kier alpha value is -0.370. The fraction of sp³-hybridized carbons (Fsp3) is 0.615. The van der Waals surface area contributed by atoms with Crippen LogP contribution in [0.2, 0.25) is 0 Å². The van der Waals surface area contributed by atoms with Crippen LogP contribution in [0.4, 0.5) is 0 Å². The standard InChI is InChI=1S/C13H21BrO/c1-11(7-5-9-13(3)15)6-4-8-12(2)10-14/h7-8H,4-6,9-10H2,1-3H3. The molecule has 0 heterocycles. The lowest BCUT2D eigenvalue weighted by Gasteiger charge is -1.99. The summed E-state index contributed by atoms with van der Waals surface area (Å²) in [5, 5.41) is 0.958. The maximum absolute atomic E-state index is 10.7. The van der Waals surface area contributed by atoms with Gasteiger partial charge >= 0.3 is 0 Å². The highest BCUT2D eigenvalue weighted by Gasteiger charge is 1.92. The van der Waals surface area contributed by atoms with Gasteiger partial charge in [0.2, 0.25) is 0 Å². The van der Waals surface area contributed by atoms with Crippen molar-refractivity contribution in [1.82, 2.24) is 0 Å². The third kappa shape index (κ3) is 9.92. The minimum Gasteiger partial charge on any atom is -0.300 e. The molecule has 0 aromatic rings. The maximum Gasteiger partial charge on any atom is 0.130 e. The molecule has 0 aromatic carbocycles. The second-order valence-corrected chi connectivity index (χ2v) is 4.57. The first-order valence-corrected chi connectivity index (χ1v) is 6.55. The van der Waals surface area contributed by atoms with Gasteiger partial charge in [-0.05, 0) is 40.0 Å². The third-order valence-corrected chi connectivity index (χ3v) is 3.12. The molecule has 1 nitrogen and oxygen atoms in total. The predicted octanol–water partition coefficient (Wildman–Crippen LogP) is 4.42. The first-order valence-electron chi connectivity index (χ1n) is 5.43. The van der Waals surface area contributed by atoms with Gasteiger partial charge in [-0.15, -0.1) is 0 Å². The molecule has 0 aliphatic rings. The average Bonchev–Trinajstić information content (AvgIpc) is 2.17. The van der Waals surface area contributed by atoms with E-state index in [1.54, 1.807) is 6.92 Å². The van der Waals surface area contributed by atoms with Crippen molar-refractivity contribution < 1.29 is 4.79 Å². The molecular formula is C13H21BrO. The van der Waals surface area contributed by atoms with E-state index in [1.807, 2.05) is 0 Å². The van der Waals surface area contributed by atoms with Gasteiger partial charge < -0.3 is 4.79 Å². The van der Waals surface area contributed by atoms with E-state index >= 15 is 0 Å². The molecule has 0 saturated heterocycles. The van der Waals surface area contributed by atoms with E-state index in [4.69, 9.17) is 0 Å². The minimum atomic E-state index is 0.272. The van der Waals surface area contributed by atoms with Crippen molar-refractivity contribution in [3.8, 4) is 0 Å². The summed E-state index contributed by atoms with van der Waals surface area (Å²) >= 11 is 3.42. The van der Waals surface area contributed by atoms with Crippen molar-refractivity contribution in [3.05, 3.63) is 23.3 Å². The van der Waals surface area contributed by atoms with E-state index in [-0.39, 0.29) is 5.78 Å². The SMILES string of the molecule is CC(=O)CCC=C(C)CCC=C(C)CBr. The number of Topliss-reactive ketones (excluding diaryl/α,β-unsaturated/α-hetero) is 1. The van der Waals surface area contributed by atoms with Crippen LogP contribution in [0.1, 0.15) is 46.5 Å². The molecular weight excluding hydrogens is 252 g/mol. The minimum absolute atomic E-state index is 0.272. The number of carbonyl (C=O) groups is 1. The highest BCUT2D eigenvalue weighted by Crippen LogP contribution is 2.09. The Labute approximate surface area is 102 Å². The van der Waals surface area contributed by atoms with Gasteiger partial charge in [0.25, 0.3) is 0 Å². The summed E-state index contributed by atoms with van der Waals surface area (Å²) in [4.78, 5) is 10.7. The molecule has 0 N–H and O–H groups in total. The predicted molar refractivity (Wildman–Crippen MR) is 70.5 cm³/mol. The van der Waals surface area contributed by atoms with Crippen LogP contribution in [-0.2, 0) is 4.79 Å². The number of hydrogen-bond acceptors (Lipinski definition) is 1. The summed E-state index contributed by atoms with van der Waals surface area (Å²) < 4.78 is 0. The van der Waals surface area contributed by atoms with Gasteiger partial charge in [0.15, 0.2) is 0 Å². The van der Waals surface area contributed by atoms with Crippen LogP contribution >= 0.6 is 15.9 Å². The fourth-order valence-corrected chi connectivity index (χ4v) is 1.45. The topological polar surface area (TPSA) is 17.1 Å². The lowest BCUT2D eigenvalue weighted by atomic mass is 10.1. The van der Waals surface area contributed by atoms with Crippen LogP contribution in [0.25, 0.3) is 0 Å². The van der Waals surface area contributed by atoms with Gasteiger partial charge in [0.05, 0.1) is 0 Å². The Morgan fingerprint density at radius 3 is 2.07 bits per heavy atom. The Kier molecular flexibility index (Phi) is 8.68. The lowest BCUT2D eigenvalue weighted by Crippen LogP contribution is -1.87. The van der Waals surface area contributed by atoms with E-state index in [1.165, 1.54) is 11.1 Å². The van der Waals surface area contributed by atoms with Crippen LogP contribution in [-0.4, -0.2) is 11.1 Å². The van der Waals surface area contributed by atoms with Gasteiger partial charge in [-0.3, -0.25) is 0 Å². The van der Waals surface area contributed by atoms with E-state index < -0.39 is 0 Å². The van der Waals surface area contributed by atoms with Crippen LogP contribution in [0.5, 0.6) is 0 Å². The van der Waals surface area contributed by atoms with Gasteiger partial charge in [-0.1, -0.05) is 39.2 Å². The number of ketones is 1. The summed E-state index contributed by atoms with van der Waals surface area (Å²) in [5.41, 5.74) is 2.77. The fourth-order valence-electron chi connectivity index (χ4n) is 1.22. The molecule has 0 amide bonds. The zero-order chi connectivity index (χ0) is 11.7. The third-order valence-electron chi connectivity index (χ3n) is 2.23. The van der Waals surface area contributed by atoms with E-state index in [2.05, 4.69) is 41.9 Å². The molecule has 0 fully saturated rings. The largest absolute Gasteiger partial charge is 0.300 e. The van der Waals surface area contributed by atoms with E-state index in [0.29, 0.717) is 6.42 Å². The van der Waals surface area contributed by atoms with Crippen molar-refractivity contribution in [2.45, 2.75) is 46.5 Å². The Morgan fingerprint density at radius 2 is 1.53 bits per heavy atom. The molecule has 0 spiro atoms. The molecule has 0 rings (SSSR count). The zero-order valence-corrected chi connectivity index (χ0v) is 11.6. The first kappa shape index (κ1) is 14.6. The van der Waals surface area contributed by atoms with Crippen LogP contribution < -0.4 is 0 Å². The van der Waals surface area contributed by atoms with Crippen molar-refractivity contribution in [3.63, 3.8) is 0 Å². The maximum atomic E-state index is 10.7. The van der Waals surface area contributed by atoms with E-state index in [9.17, 15) is 4.79 Å². The number of rotatable bonds is 7. The number of allylic oxidation sites excluding steroid dienone is 4. The molecule has 0 aliphatic carbocycles. The van der Waals surface area contributed by atoms with Gasteiger partial charge in [0, 0.05) is 11.8 Å². The second-order valence-electron chi connectivity index (χ2n) is 4.01. The second kappa shape index (κ2) is 8.90. The summed E-state index contributed by atoms with van der Waals surface area (Å²) in [5.74, 6) is 0.272. The Morgan fingerprint density at radius 1 is 1.00 bits per heavy atom. The smallest absolute Gasteiger partial charge is 0.130 e. The molecule has 0 unspecified atom stereocenters.